The Morgan fingerprint density at radius 3 is 2.59 bits per heavy atom. The highest BCUT2D eigenvalue weighted by molar-refractivity contribution is 5.97. The monoisotopic (exact) mass is 561 g/mol. The highest BCUT2D eigenvalue weighted by atomic mass is 35.5. The van der Waals surface area contributed by atoms with Gasteiger partial charge in [-0.3, -0.25) is 9.47 Å². The first-order valence-electron chi connectivity index (χ1n) is 12.1. The van der Waals surface area contributed by atoms with Gasteiger partial charge in [0, 0.05) is 62.0 Å². The molecule has 2 aromatic carbocycles. The molecule has 0 saturated heterocycles. The fourth-order valence-corrected chi connectivity index (χ4v) is 4.98. The van der Waals surface area contributed by atoms with Crippen LogP contribution in [0.3, 0.4) is 0 Å². The summed E-state index contributed by atoms with van der Waals surface area (Å²) in [6.45, 7) is 0.999. The largest absolute Gasteiger partial charge is 0.417 e. The van der Waals surface area contributed by atoms with Crippen molar-refractivity contribution in [1.29, 1.82) is 0 Å². The van der Waals surface area contributed by atoms with Crippen LogP contribution in [-0.4, -0.2) is 33.6 Å². The minimum Gasteiger partial charge on any atom is -0.333 e. The minimum atomic E-state index is -4.83. The third-order valence-electron chi connectivity index (χ3n) is 6.59. The number of fused-ring (bicyclic) bond motifs is 3. The van der Waals surface area contributed by atoms with Crippen molar-refractivity contribution in [1.82, 2.24) is 19.8 Å². The Balaban J connectivity index is 1.48. The standard InChI is InChI=1S/C28H22ClF5N4O/c29-19-5-3-17(4-6-19)2-1-10-37-11-8-23-21(16-37)26-22(28(32,33)34)13-20(30)14-24(26)38(23)27(39)36-15-18-7-9-35-25(31)12-18/h1-7,9,12-14,29H,8,10-11,15-16H2/p+1/b2-1+. The van der Waals surface area contributed by atoms with Crippen LogP contribution in [0.5, 0.6) is 0 Å². The van der Waals surface area contributed by atoms with Crippen LogP contribution in [0.25, 0.3) is 17.0 Å². The molecular formula is C28H23ClF5N4O+. The fraction of sp³-hybridized carbons (Fsp3) is 0.214. The maximum atomic E-state index is 14.4. The molecule has 0 radical (unpaired) electrons. The van der Waals surface area contributed by atoms with E-state index >= 15 is 0 Å². The lowest BCUT2D eigenvalue weighted by atomic mass is 10.00. The molecule has 1 aliphatic heterocycles. The molecule has 3 heterocycles. The highest BCUT2D eigenvalue weighted by Gasteiger charge is 2.38. The number of halogens is 6. The molecular weight excluding hydrogens is 539 g/mol. The lowest BCUT2D eigenvalue weighted by Crippen LogP contribution is -2.34. The summed E-state index contributed by atoms with van der Waals surface area (Å²) < 4.78 is 71.2. The zero-order chi connectivity index (χ0) is 27.7. The van der Waals surface area contributed by atoms with Gasteiger partial charge in [-0.1, -0.05) is 12.2 Å². The van der Waals surface area contributed by atoms with Crippen LogP contribution < -0.4 is 5.32 Å². The SMILES string of the molecule is O=C(NCc1ccnc(F)c1)n1c2c(c3c(C(F)(F)F)cc(F)cc31)CN(C/C=C/c1ccc([ClH+])cc1)CC2. The van der Waals surface area contributed by atoms with Crippen LogP contribution in [0, 0.1) is 23.4 Å². The molecule has 0 bridgehead atoms. The Kier molecular flexibility index (Phi) is 7.42. The van der Waals surface area contributed by atoms with E-state index in [-0.39, 0.29) is 30.4 Å². The van der Waals surface area contributed by atoms with Gasteiger partial charge < -0.3 is 5.32 Å². The molecule has 0 spiro atoms. The number of carbonyl (C=O) groups excluding carboxylic acids is 1. The van der Waals surface area contributed by atoms with Crippen LogP contribution in [0.1, 0.15) is 27.9 Å². The number of nitrogens with zero attached hydrogens (tertiary/aromatic N) is 3. The van der Waals surface area contributed by atoms with Crippen LogP contribution in [0.15, 0.2) is 60.8 Å². The Labute approximate surface area is 225 Å². The summed E-state index contributed by atoms with van der Waals surface area (Å²) in [5.41, 5.74) is 0.797. The summed E-state index contributed by atoms with van der Waals surface area (Å²) in [6, 6.07) is 10.7. The van der Waals surface area contributed by atoms with Crippen molar-refractivity contribution in [3.63, 3.8) is 0 Å². The first-order chi connectivity index (χ1) is 18.6. The van der Waals surface area contributed by atoms with Crippen LogP contribution in [-0.2, 0) is 25.7 Å². The second-order valence-corrected chi connectivity index (χ2v) is 9.68. The summed E-state index contributed by atoms with van der Waals surface area (Å²) in [7, 11) is 0. The van der Waals surface area contributed by atoms with Gasteiger partial charge in [0.2, 0.25) is 11.0 Å². The van der Waals surface area contributed by atoms with Crippen molar-refractivity contribution in [2.75, 3.05) is 13.1 Å². The molecule has 5 nitrogen and oxygen atoms in total. The summed E-state index contributed by atoms with van der Waals surface area (Å²) in [6.07, 6.45) is 0.502. The van der Waals surface area contributed by atoms with Gasteiger partial charge in [-0.2, -0.15) is 17.6 Å². The first kappa shape index (κ1) is 26.8. The zero-order valence-corrected chi connectivity index (χ0v) is 21.3. The lowest BCUT2D eigenvalue weighted by Gasteiger charge is -2.27. The van der Waals surface area contributed by atoms with Gasteiger partial charge >= 0.3 is 12.2 Å². The first-order valence-corrected chi connectivity index (χ1v) is 12.5. The Hall–Kier alpha value is -3.76. The van der Waals surface area contributed by atoms with Gasteiger partial charge in [0.25, 0.3) is 0 Å². The van der Waals surface area contributed by atoms with Gasteiger partial charge in [0.05, 0.1) is 11.1 Å². The van der Waals surface area contributed by atoms with Crippen LogP contribution in [0.2, 0.25) is 5.02 Å². The molecule has 2 aromatic heterocycles. The van der Waals surface area contributed by atoms with E-state index in [2.05, 4.69) is 10.3 Å². The number of hydrogen-bond donors (Lipinski definition) is 1. The van der Waals surface area contributed by atoms with Gasteiger partial charge in [-0.05, 0) is 53.1 Å². The van der Waals surface area contributed by atoms with E-state index in [1.165, 1.54) is 12.3 Å². The second-order valence-electron chi connectivity index (χ2n) is 9.21. The van der Waals surface area contributed by atoms with Crippen molar-refractivity contribution < 1.29 is 38.3 Å². The van der Waals surface area contributed by atoms with Gasteiger partial charge in [0.1, 0.15) is 5.82 Å². The maximum Gasteiger partial charge on any atom is 0.417 e. The maximum absolute atomic E-state index is 14.4. The van der Waals surface area contributed by atoms with E-state index in [0.717, 1.165) is 27.3 Å². The lowest BCUT2D eigenvalue weighted by molar-refractivity contribution is -0.288. The van der Waals surface area contributed by atoms with Crippen molar-refractivity contribution >= 4 is 23.0 Å². The summed E-state index contributed by atoms with van der Waals surface area (Å²) >= 11 is 5.09. The predicted octanol–water partition coefficient (Wildman–Crippen LogP) is 5.86. The van der Waals surface area contributed by atoms with Crippen LogP contribution in [0.4, 0.5) is 26.7 Å². The molecule has 1 amide bonds. The molecule has 1 N–H and O–H groups in total. The molecule has 0 atom stereocenters. The average Bonchev–Trinajstić information content (AvgIpc) is 3.20. The van der Waals surface area contributed by atoms with Crippen molar-refractivity contribution in [3.05, 3.63) is 106 Å². The molecule has 4 aromatic rings. The van der Waals surface area contributed by atoms with Gasteiger partial charge in [0.15, 0.2) is 11.6 Å². The zero-order valence-electron chi connectivity index (χ0n) is 20.4. The van der Waals surface area contributed by atoms with E-state index in [1.807, 2.05) is 41.3 Å². The number of carbonyl (C=O) groups is 1. The summed E-state index contributed by atoms with van der Waals surface area (Å²) in [5.74, 6) is -1.83. The predicted molar refractivity (Wildman–Crippen MR) is 134 cm³/mol. The summed E-state index contributed by atoms with van der Waals surface area (Å²) in [5, 5.41) is 3.14. The number of aromatic nitrogens is 2. The number of rotatable bonds is 5. The van der Waals surface area contributed by atoms with E-state index in [0.29, 0.717) is 36.0 Å². The molecule has 39 heavy (non-hydrogen) atoms. The number of alkyl halides is 3. The van der Waals surface area contributed by atoms with E-state index in [9.17, 15) is 26.7 Å². The van der Waals surface area contributed by atoms with Gasteiger partial charge in [-0.15, -0.1) is 0 Å². The highest BCUT2D eigenvalue weighted by Crippen LogP contribution is 2.41. The van der Waals surface area contributed by atoms with E-state index in [4.69, 9.17) is 11.6 Å². The normalized spacial score (nSPS) is 14.2. The molecule has 5 rings (SSSR count). The third kappa shape index (κ3) is 5.81. The number of benzene rings is 2. The van der Waals surface area contributed by atoms with Crippen LogP contribution >= 0.6 is 0 Å². The Morgan fingerprint density at radius 2 is 1.87 bits per heavy atom. The van der Waals surface area contributed by atoms with Gasteiger partial charge in [-0.25, -0.2) is 14.2 Å². The molecule has 0 unspecified atom stereocenters. The van der Waals surface area contributed by atoms with Crippen molar-refractivity contribution in [3.8, 4) is 0 Å². The smallest absolute Gasteiger partial charge is 0.333 e. The Bertz CT molecular complexity index is 1560. The number of pyridine rings is 1. The third-order valence-corrected chi connectivity index (χ3v) is 6.86. The molecule has 0 aliphatic carbocycles. The number of amides is 1. The second kappa shape index (κ2) is 10.8. The molecule has 11 heteroatoms. The molecule has 0 fully saturated rings. The fourth-order valence-electron chi connectivity index (χ4n) is 4.85. The Morgan fingerprint density at radius 1 is 1.10 bits per heavy atom. The quantitative estimate of drug-likeness (QED) is 0.245. The molecule has 0 saturated carbocycles. The van der Waals surface area contributed by atoms with E-state index < -0.39 is 29.5 Å². The number of hydrogen-bond acceptors (Lipinski definition) is 3. The minimum absolute atomic E-state index is 0.0858. The van der Waals surface area contributed by atoms with E-state index in [1.54, 1.807) is 0 Å². The van der Waals surface area contributed by atoms with Crippen molar-refractivity contribution in [2.24, 2.45) is 0 Å². The van der Waals surface area contributed by atoms with Crippen molar-refractivity contribution in [2.45, 2.75) is 25.7 Å². The average molecular weight is 562 g/mol. The number of nitrogens with one attached hydrogen (secondary N) is 1. The molecule has 202 valence electrons. The molecule has 1 aliphatic rings. The summed E-state index contributed by atoms with van der Waals surface area (Å²) in [4.78, 5) is 18.7. The topological polar surface area (TPSA) is 50.2 Å².